The largest absolute Gasteiger partial charge is 0.462 e. The summed E-state index contributed by atoms with van der Waals surface area (Å²) in [5.41, 5.74) is 0. The van der Waals surface area contributed by atoms with Gasteiger partial charge in [0.25, 0.3) is 0 Å². The van der Waals surface area contributed by atoms with Crippen molar-refractivity contribution in [3.05, 3.63) is 60.8 Å². The molecule has 1 fully saturated rings. The second-order valence-electron chi connectivity index (χ2n) is 14.4. The lowest BCUT2D eigenvalue weighted by Crippen LogP contribution is -2.59. The predicted molar refractivity (Wildman–Crippen MR) is 219 cm³/mol. The first kappa shape index (κ1) is 50.4. The number of carbonyl (C=O) groups is 2. The molecule has 0 aliphatic carbocycles. The fourth-order valence-corrected chi connectivity index (χ4v) is 6.00. The molecule has 0 aromatic heterocycles. The van der Waals surface area contributed by atoms with Crippen molar-refractivity contribution in [3.63, 3.8) is 0 Å². The predicted octanol–water partition coefficient (Wildman–Crippen LogP) is 8.66. The van der Waals surface area contributed by atoms with Gasteiger partial charge in [0.1, 0.15) is 31.0 Å². The molecule has 0 amide bonds. The maximum atomic E-state index is 12.7. The van der Waals surface area contributed by atoms with E-state index in [0.29, 0.717) is 12.8 Å². The van der Waals surface area contributed by atoms with Crippen LogP contribution < -0.4 is 0 Å². The summed E-state index contributed by atoms with van der Waals surface area (Å²) in [6.07, 6.45) is 35.1. The number of rotatable bonds is 34. The van der Waals surface area contributed by atoms with E-state index in [4.69, 9.17) is 18.9 Å². The van der Waals surface area contributed by atoms with Gasteiger partial charge in [-0.05, 0) is 77.0 Å². The lowest BCUT2D eigenvalue weighted by Gasteiger charge is -2.39. The number of hydrogen-bond donors (Lipinski definition) is 4. The number of esters is 2. The number of aliphatic hydroxyl groups is 4. The fourth-order valence-electron chi connectivity index (χ4n) is 6.00. The van der Waals surface area contributed by atoms with Crippen molar-refractivity contribution in [1.29, 1.82) is 0 Å². The molecule has 316 valence electrons. The fraction of sp³-hybridized carbons (Fsp3) is 0.733. The first-order chi connectivity index (χ1) is 26.8. The average Bonchev–Trinajstić information content (AvgIpc) is 3.18. The SMILES string of the molecule is CC/C=C\C/C=C\C/C=C\CCCCCCCC(=O)OC[C@H](CO[C@@H]1O[C@H](CO)[C@H](O)[C@H](O)[C@H]1O)OC(=O)CCCCCCC/C=C\C/C=C\CCCCC. The maximum Gasteiger partial charge on any atom is 0.306 e. The summed E-state index contributed by atoms with van der Waals surface area (Å²) in [7, 11) is 0. The molecule has 0 aromatic carbocycles. The van der Waals surface area contributed by atoms with Gasteiger partial charge in [0.2, 0.25) is 0 Å². The van der Waals surface area contributed by atoms with Crippen molar-refractivity contribution < 1.29 is 49.0 Å². The minimum Gasteiger partial charge on any atom is -0.462 e. The Morgan fingerprint density at radius 2 is 1.07 bits per heavy atom. The molecule has 4 N–H and O–H groups in total. The molecule has 10 nitrogen and oxygen atoms in total. The van der Waals surface area contributed by atoms with Crippen molar-refractivity contribution in [1.82, 2.24) is 0 Å². The second kappa shape index (κ2) is 35.8. The van der Waals surface area contributed by atoms with Crippen LogP contribution in [0.5, 0.6) is 0 Å². The van der Waals surface area contributed by atoms with Gasteiger partial charge in [0.15, 0.2) is 12.4 Å². The van der Waals surface area contributed by atoms with Crippen LogP contribution in [0.1, 0.15) is 155 Å². The van der Waals surface area contributed by atoms with Crippen molar-refractivity contribution in [2.45, 2.75) is 192 Å². The van der Waals surface area contributed by atoms with Crippen LogP contribution >= 0.6 is 0 Å². The van der Waals surface area contributed by atoms with Crippen LogP contribution in [0.2, 0.25) is 0 Å². The molecule has 1 aliphatic rings. The van der Waals surface area contributed by atoms with Gasteiger partial charge in [-0.2, -0.15) is 0 Å². The molecule has 0 bridgehead atoms. The zero-order valence-corrected chi connectivity index (χ0v) is 34.2. The number of allylic oxidation sites excluding steroid dienone is 10. The van der Waals surface area contributed by atoms with Crippen LogP contribution in [-0.4, -0.2) is 89.0 Å². The minimum absolute atomic E-state index is 0.207. The average molecular weight is 777 g/mol. The van der Waals surface area contributed by atoms with Gasteiger partial charge in [0.05, 0.1) is 13.2 Å². The van der Waals surface area contributed by atoms with Crippen LogP contribution in [0.4, 0.5) is 0 Å². The van der Waals surface area contributed by atoms with Gasteiger partial charge in [-0.3, -0.25) is 9.59 Å². The van der Waals surface area contributed by atoms with Crippen molar-refractivity contribution in [2.24, 2.45) is 0 Å². The molecule has 0 spiro atoms. The van der Waals surface area contributed by atoms with Crippen molar-refractivity contribution >= 4 is 11.9 Å². The summed E-state index contributed by atoms with van der Waals surface area (Å²) in [6, 6.07) is 0. The molecule has 0 aromatic rings. The molecule has 6 atom stereocenters. The Bertz CT molecular complexity index is 1080. The second-order valence-corrected chi connectivity index (χ2v) is 14.4. The van der Waals surface area contributed by atoms with E-state index in [-0.39, 0.29) is 26.1 Å². The number of carbonyl (C=O) groups excluding carboxylic acids is 2. The molecule has 0 radical (unpaired) electrons. The first-order valence-electron chi connectivity index (χ1n) is 21.4. The highest BCUT2D eigenvalue weighted by Gasteiger charge is 2.44. The molecule has 1 saturated heterocycles. The monoisotopic (exact) mass is 777 g/mol. The third-order valence-corrected chi connectivity index (χ3v) is 9.39. The van der Waals surface area contributed by atoms with Crippen LogP contribution in [0.15, 0.2) is 60.8 Å². The molecular formula is C45H76O10. The molecule has 0 saturated carbocycles. The Kier molecular flexibility index (Phi) is 32.8. The minimum atomic E-state index is -1.60. The zero-order chi connectivity index (χ0) is 40.2. The topological polar surface area (TPSA) is 152 Å². The highest BCUT2D eigenvalue weighted by molar-refractivity contribution is 5.70. The highest BCUT2D eigenvalue weighted by atomic mass is 16.7. The summed E-state index contributed by atoms with van der Waals surface area (Å²) in [4.78, 5) is 25.3. The Labute approximate surface area is 332 Å². The maximum absolute atomic E-state index is 12.7. The number of hydrogen-bond acceptors (Lipinski definition) is 10. The Balaban J connectivity index is 2.38. The normalized spacial score (nSPS) is 21.2. The lowest BCUT2D eigenvalue weighted by atomic mass is 9.99. The molecule has 55 heavy (non-hydrogen) atoms. The standard InChI is InChI=1S/C45H76O10/c1-3-5-7-9-11-13-15-17-19-21-23-25-27-29-31-33-40(47)52-36-38(37-53-45-44(51)43(50)42(49)39(35-46)55-45)54-41(48)34-32-30-28-26-24-22-20-18-16-14-12-10-8-6-4-2/h5,7,11-14,17-20,38-39,42-46,49-51H,3-4,6,8-10,15-16,21-37H2,1-2H3/b7-5-,13-11-,14-12-,19-17-,20-18-/t38-,39-,42+,43+,44-,45-/m1/s1. The van der Waals surface area contributed by atoms with E-state index in [2.05, 4.69) is 74.6 Å². The quantitative estimate of drug-likeness (QED) is 0.0284. The summed E-state index contributed by atoms with van der Waals surface area (Å²) in [6.45, 7) is 3.23. The van der Waals surface area contributed by atoms with Crippen molar-refractivity contribution in [3.8, 4) is 0 Å². The number of unbranched alkanes of at least 4 members (excludes halogenated alkanes) is 13. The Morgan fingerprint density at radius 3 is 1.62 bits per heavy atom. The highest BCUT2D eigenvalue weighted by Crippen LogP contribution is 2.22. The molecule has 10 heteroatoms. The Morgan fingerprint density at radius 1 is 0.582 bits per heavy atom. The molecular weight excluding hydrogens is 700 g/mol. The van der Waals surface area contributed by atoms with E-state index >= 15 is 0 Å². The summed E-state index contributed by atoms with van der Waals surface area (Å²) in [5, 5.41) is 40.0. The summed E-state index contributed by atoms with van der Waals surface area (Å²) < 4.78 is 22.1. The Hall–Kier alpha value is -2.60. The van der Waals surface area contributed by atoms with Gasteiger partial charge in [-0.15, -0.1) is 0 Å². The van der Waals surface area contributed by atoms with Gasteiger partial charge in [-0.1, -0.05) is 126 Å². The van der Waals surface area contributed by atoms with Crippen LogP contribution in [0.25, 0.3) is 0 Å². The summed E-state index contributed by atoms with van der Waals surface area (Å²) >= 11 is 0. The smallest absolute Gasteiger partial charge is 0.306 e. The molecule has 1 aliphatic heterocycles. The molecule has 0 unspecified atom stereocenters. The van der Waals surface area contributed by atoms with E-state index in [9.17, 15) is 30.0 Å². The van der Waals surface area contributed by atoms with Gasteiger partial charge in [-0.25, -0.2) is 0 Å². The third-order valence-electron chi connectivity index (χ3n) is 9.39. The number of aliphatic hydroxyl groups excluding tert-OH is 4. The van der Waals surface area contributed by atoms with Crippen LogP contribution in [-0.2, 0) is 28.5 Å². The third kappa shape index (κ3) is 27.6. The zero-order valence-electron chi connectivity index (χ0n) is 34.2. The first-order valence-corrected chi connectivity index (χ1v) is 21.4. The summed E-state index contributed by atoms with van der Waals surface area (Å²) in [5.74, 6) is -0.848. The van der Waals surface area contributed by atoms with Crippen molar-refractivity contribution in [2.75, 3.05) is 19.8 Å². The van der Waals surface area contributed by atoms with E-state index < -0.39 is 55.4 Å². The molecule has 1 rings (SSSR count). The van der Waals surface area contributed by atoms with E-state index in [1.54, 1.807) is 0 Å². The molecule has 1 heterocycles. The van der Waals surface area contributed by atoms with Crippen LogP contribution in [0.3, 0.4) is 0 Å². The van der Waals surface area contributed by atoms with Gasteiger partial charge < -0.3 is 39.4 Å². The van der Waals surface area contributed by atoms with E-state index in [1.807, 2.05) is 0 Å². The van der Waals surface area contributed by atoms with Crippen LogP contribution in [0, 0.1) is 0 Å². The van der Waals surface area contributed by atoms with Gasteiger partial charge in [0, 0.05) is 12.8 Å². The van der Waals surface area contributed by atoms with E-state index in [1.165, 1.54) is 19.3 Å². The van der Waals surface area contributed by atoms with Gasteiger partial charge >= 0.3 is 11.9 Å². The van der Waals surface area contributed by atoms with E-state index in [0.717, 1.165) is 96.3 Å². The lowest BCUT2D eigenvalue weighted by molar-refractivity contribution is -0.305. The number of ether oxygens (including phenoxy) is 4.